The van der Waals surface area contributed by atoms with Crippen molar-refractivity contribution in [1.82, 2.24) is 13.5 Å². The number of amides is 2. The topological polar surface area (TPSA) is 93.3 Å². The fourth-order valence-corrected chi connectivity index (χ4v) is 6.42. The van der Waals surface area contributed by atoms with Gasteiger partial charge in [0.05, 0.1) is 0 Å². The highest BCUT2D eigenvalue weighted by atomic mass is 32.2. The highest BCUT2D eigenvalue weighted by Crippen LogP contribution is 2.23. The van der Waals surface area contributed by atoms with Crippen molar-refractivity contribution in [3.63, 3.8) is 0 Å². The van der Waals surface area contributed by atoms with Crippen molar-refractivity contribution >= 4 is 33.4 Å². The number of nitrogens with one attached hydrogen (secondary N) is 1. The van der Waals surface area contributed by atoms with Gasteiger partial charge in [-0.2, -0.15) is 17.0 Å². The Hall–Kier alpha value is -2.01. The third-order valence-electron chi connectivity index (χ3n) is 6.74. The van der Waals surface area contributed by atoms with Crippen LogP contribution >= 0.6 is 0 Å². The van der Waals surface area contributed by atoms with Gasteiger partial charge in [0.25, 0.3) is 10.2 Å². The van der Waals surface area contributed by atoms with Crippen LogP contribution in [0.2, 0.25) is 0 Å². The molecule has 1 aromatic rings. The van der Waals surface area contributed by atoms with Crippen LogP contribution in [0.25, 0.3) is 0 Å². The maximum atomic E-state index is 12.9. The standard InChI is InChI=1S/C23H35N5O4S/c29-22(24-20-7-9-21(10-8-20)28-14-5-6-23(28)30)11-15-25-16-18-27(19-17-25)33(31,32)26-12-3-1-2-4-13-26/h7-10H,1-6,11-19H2,(H,24,29). The van der Waals surface area contributed by atoms with Crippen LogP contribution in [0.5, 0.6) is 0 Å². The van der Waals surface area contributed by atoms with Gasteiger partial charge in [0.15, 0.2) is 0 Å². The van der Waals surface area contributed by atoms with Gasteiger partial charge in [-0.25, -0.2) is 0 Å². The zero-order valence-electron chi connectivity index (χ0n) is 19.2. The number of hydrogen-bond acceptors (Lipinski definition) is 5. The van der Waals surface area contributed by atoms with E-state index < -0.39 is 10.2 Å². The lowest BCUT2D eigenvalue weighted by Gasteiger charge is -2.36. The van der Waals surface area contributed by atoms with E-state index in [9.17, 15) is 18.0 Å². The van der Waals surface area contributed by atoms with Crippen LogP contribution < -0.4 is 10.2 Å². The highest BCUT2D eigenvalue weighted by molar-refractivity contribution is 7.86. The smallest absolute Gasteiger partial charge is 0.282 e. The summed E-state index contributed by atoms with van der Waals surface area (Å²) in [5, 5.41) is 2.91. The quantitative estimate of drug-likeness (QED) is 0.647. The minimum Gasteiger partial charge on any atom is -0.326 e. The Balaban J connectivity index is 1.19. The molecule has 0 aromatic heterocycles. The maximum absolute atomic E-state index is 12.9. The molecule has 33 heavy (non-hydrogen) atoms. The fraction of sp³-hybridized carbons (Fsp3) is 0.652. The molecule has 0 bridgehead atoms. The SMILES string of the molecule is O=C(CCN1CCN(S(=O)(=O)N2CCCCCC2)CC1)Nc1ccc(N2CCCC2=O)cc1. The molecule has 3 aliphatic heterocycles. The second-order valence-electron chi connectivity index (χ2n) is 9.06. The van der Waals surface area contributed by atoms with Gasteiger partial charge in [-0.1, -0.05) is 12.8 Å². The third kappa shape index (κ3) is 6.11. The summed E-state index contributed by atoms with van der Waals surface area (Å²) in [6.45, 7) is 4.81. The number of anilines is 2. The molecule has 4 rings (SSSR count). The summed E-state index contributed by atoms with van der Waals surface area (Å²) in [5.74, 6) is 0.0747. The van der Waals surface area contributed by atoms with E-state index in [4.69, 9.17) is 0 Å². The molecule has 3 fully saturated rings. The first-order valence-corrected chi connectivity index (χ1v) is 13.5. The molecule has 0 unspecified atom stereocenters. The Labute approximate surface area is 196 Å². The van der Waals surface area contributed by atoms with E-state index in [1.54, 1.807) is 13.5 Å². The van der Waals surface area contributed by atoms with Crippen molar-refractivity contribution in [3.8, 4) is 0 Å². The van der Waals surface area contributed by atoms with E-state index in [2.05, 4.69) is 10.2 Å². The number of rotatable bonds is 7. The first-order valence-electron chi connectivity index (χ1n) is 12.1. The Morgan fingerprint density at radius 1 is 0.818 bits per heavy atom. The van der Waals surface area contributed by atoms with Gasteiger partial charge in [0, 0.05) is 76.6 Å². The van der Waals surface area contributed by atoms with Gasteiger partial charge in [-0.3, -0.25) is 9.59 Å². The highest BCUT2D eigenvalue weighted by Gasteiger charge is 2.32. The van der Waals surface area contributed by atoms with E-state index >= 15 is 0 Å². The molecular weight excluding hydrogens is 442 g/mol. The summed E-state index contributed by atoms with van der Waals surface area (Å²) in [7, 11) is -3.38. The van der Waals surface area contributed by atoms with E-state index in [-0.39, 0.29) is 11.8 Å². The normalized spacial score (nSPS) is 21.8. The Morgan fingerprint density at radius 3 is 2.06 bits per heavy atom. The molecule has 9 nitrogen and oxygen atoms in total. The van der Waals surface area contributed by atoms with E-state index in [0.717, 1.165) is 44.3 Å². The molecule has 182 valence electrons. The number of nitrogens with zero attached hydrogens (tertiary/aromatic N) is 4. The summed E-state index contributed by atoms with van der Waals surface area (Å²) in [5.41, 5.74) is 1.58. The molecule has 0 spiro atoms. The molecule has 1 N–H and O–H groups in total. The summed E-state index contributed by atoms with van der Waals surface area (Å²) in [6, 6.07) is 7.38. The van der Waals surface area contributed by atoms with Gasteiger partial charge in [0.2, 0.25) is 11.8 Å². The van der Waals surface area contributed by atoms with E-state index in [0.29, 0.717) is 64.3 Å². The molecule has 1 aromatic carbocycles. The Kier molecular flexibility index (Phi) is 8.00. The molecule has 10 heteroatoms. The molecular formula is C23H35N5O4S. The minimum atomic E-state index is -3.38. The van der Waals surface area contributed by atoms with Crippen LogP contribution in [0.3, 0.4) is 0 Å². The lowest BCUT2D eigenvalue weighted by atomic mass is 10.2. The van der Waals surface area contributed by atoms with Crippen molar-refractivity contribution in [2.75, 3.05) is 62.6 Å². The fourth-order valence-electron chi connectivity index (χ4n) is 4.75. The Bertz CT molecular complexity index is 921. The zero-order chi connectivity index (χ0) is 23.3. The monoisotopic (exact) mass is 477 g/mol. The molecule has 0 radical (unpaired) electrons. The maximum Gasteiger partial charge on any atom is 0.282 e. The number of carbonyl (C=O) groups excluding carboxylic acids is 2. The molecule has 3 saturated heterocycles. The van der Waals surface area contributed by atoms with Crippen molar-refractivity contribution in [2.24, 2.45) is 0 Å². The second-order valence-corrected chi connectivity index (χ2v) is 11.0. The first kappa shape index (κ1) is 24.1. The number of benzene rings is 1. The molecule has 0 saturated carbocycles. The molecule has 0 aliphatic carbocycles. The van der Waals surface area contributed by atoms with Crippen molar-refractivity contribution in [3.05, 3.63) is 24.3 Å². The summed E-state index contributed by atoms with van der Waals surface area (Å²) >= 11 is 0. The van der Waals surface area contributed by atoms with Gasteiger partial charge in [-0.05, 0) is 43.5 Å². The summed E-state index contributed by atoms with van der Waals surface area (Å²) in [6.07, 6.45) is 5.91. The second kappa shape index (κ2) is 10.9. The van der Waals surface area contributed by atoms with Crippen LogP contribution in [-0.4, -0.2) is 86.1 Å². The molecule has 3 aliphatic rings. The van der Waals surface area contributed by atoms with Crippen LogP contribution in [0.1, 0.15) is 44.9 Å². The lowest BCUT2D eigenvalue weighted by molar-refractivity contribution is -0.117. The number of hydrogen-bond donors (Lipinski definition) is 1. The number of piperazine rings is 1. The van der Waals surface area contributed by atoms with Gasteiger partial charge < -0.3 is 15.1 Å². The van der Waals surface area contributed by atoms with Crippen molar-refractivity contribution in [2.45, 2.75) is 44.9 Å². The van der Waals surface area contributed by atoms with Gasteiger partial charge in [-0.15, -0.1) is 0 Å². The predicted molar refractivity (Wildman–Crippen MR) is 128 cm³/mol. The van der Waals surface area contributed by atoms with Crippen LogP contribution in [0.15, 0.2) is 24.3 Å². The van der Waals surface area contributed by atoms with E-state index in [1.165, 1.54) is 0 Å². The average molecular weight is 478 g/mol. The first-order chi connectivity index (χ1) is 15.9. The minimum absolute atomic E-state index is 0.0698. The summed E-state index contributed by atoms with van der Waals surface area (Å²) in [4.78, 5) is 28.2. The van der Waals surface area contributed by atoms with Crippen molar-refractivity contribution in [1.29, 1.82) is 0 Å². The number of carbonyl (C=O) groups is 2. The van der Waals surface area contributed by atoms with Gasteiger partial charge in [0.1, 0.15) is 0 Å². The third-order valence-corrected chi connectivity index (χ3v) is 8.78. The van der Waals surface area contributed by atoms with Crippen LogP contribution in [0.4, 0.5) is 11.4 Å². The predicted octanol–water partition coefficient (Wildman–Crippen LogP) is 1.88. The average Bonchev–Trinajstić information content (AvgIpc) is 3.06. The van der Waals surface area contributed by atoms with Gasteiger partial charge >= 0.3 is 0 Å². The van der Waals surface area contributed by atoms with Crippen LogP contribution in [0, 0.1) is 0 Å². The molecule has 2 amide bonds. The van der Waals surface area contributed by atoms with E-state index in [1.807, 2.05) is 24.3 Å². The summed E-state index contributed by atoms with van der Waals surface area (Å²) < 4.78 is 29.1. The molecule has 0 atom stereocenters. The zero-order valence-corrected chi connectivity index (χ0v) is 20.1. The molecule has 3 heterocycles. The lowest BCUT2D eigenvalue weighted by Crippen LogP contribution is -2.53. The van der Waals surface area contributed by atoms with Crippen LogP contribution in [-0.2, 0) is 19.8 Å². The largest absolute Gasteiger partial charge is 0.326 e. The van der Waals surface area contributed by atoms with Crippen molar-refractivity contribution < 1.29 is 18.0 Å². The Morgan fingerprint density at radius 2 is 1.45 bits per heavy atom.